The highest BCUT2D eigenvalue weighted by molar-refractivity contribution is 8.23. The van der Waals surface area contributed by atoms with Gasteiger partial charge in [-0.05, 0) is 73.0 Å². The summed E-state index contributed by atoms with van der Waals surface area (Å²) in [5.41, 5.74) is 5.90. The van der Waals surface area contributed by atoms with Crippen molar-refractivity contribution in [3.63, 3.8) is 0 Å². The zero-order valence-corrected chi connectivity index (χ0v) is 18.8. The van der Waals surface area contributed by atoms with E-state index in [-0.39, 0.29) is 36.2 Å². The molecule has 4 saturated carbocycles. The van der Waals surface area contributed by atoms with E-state index in [1.807, 2.05) is 0 Å². The third-order valence-corrected chi connectivity index (χ3v) is 10.1. The summed E-state index contributed by atoms with van der Waals surface area (Å²) in [6.07, 6.45) is 4.44. The molecule has 2 unspecified atom stereocenters. The van der Waals surface area contributed by atoms with Gasteiger partial charge < -0.3 is 11.1 Å². The number of nitrogens with two attached hydrogens (primary N) is 1. The van der Waals surface area contributed by atoms with Crippen LogP contribution < -0.4 is 15.4 Å². The van der Waals surface area contributed by atoms with Gasteiger partial charge >= 0.3 is 0 Å². The van der Waals surface area contributed by atoms with E-state index < -0.39 is 16.4 Å². The number of anilines is 1. The van der Waals surface area contributed by atoms with Crippen LogP contribution in [-0.4, -0.2) is 50.9 Å². The lowest BCUT2D eigenvalue weighted by molar-refractivity contribution is -0.147. The SMILES string of the molecule is NC(=O)C12CC3CC(C1)C(NC(=O)CN1CCN(c4ccccc4Cl)S1(O)O)C(C3)C2. The second-order valence-electron chi connectivity index (χ2n) is 9.61. The molecule has 4 aliphatic carbocycles. The molecule has 0 spiro atoms. The van der Waals surface area contributed by atoms with Crippen LogP contribution in [0.2, 0.25) is 5.02 Å². The van der Waals surface area contributed by atoms with Crippen molar-refractivity contribution in [3.05, 3.63) is 29.3 Å². The van der Waals surface area contributed by atoms with Crippen LogP contribution in [0.3, 0.4) is 0 Å². The number of carbonyl (C=O) groups is 2. The van der Waals surface area contributed by atoms with Gasteiger partial charge in [-0.2, -0.15) is 4.31 Å². The molecule has 1 aliphatic heterocycles. The van der Waals surface area contributed by atoms with Crippen molar-refractivity contribution in [3.8, 4) is 0 Å². The summed E-state index contributed by atoms with van der Waals surface area (Å²) >= 11 is 6.24. The van der Waals surface area contributed by atoms with Gasteiger partial charge in [0.05, 0.1) is 23.8 Å². The molecule has 1 saturated heterocycles. The minimum Gasteiger partial charge on any atom is -0.369 e. The second-order valence-corrected chi connectivity index (χ2v) is 12.0. The summed E-state index contributed by atoms with van der Waals surface area (Å²) in [6.45, 7) is 0.631. The Morgan fingerprint density at radius 2 is 1.84 bits per heavy atom. The van der Waals surface area contributed by atoms with Gasteiger partial charge in [0.1, 0.15) is 0 Å². The summed E-state index contributed by atoms with van der Waals surface area (Å²) in [4.78, 5) is 25.0. The largest absolute Gasteiger partial charge is 0.369 e. The third-order valence-electron chi connectivity index (χ3n) is 7.76. The monoisotopic (exact) mass is 468 g/mol. The fourth-order valence-electron chi connectivity index (χ4n) is 6.61. The Labute approximate surface area is 188 Å². The first-order valence-corrected chi connectivity index (χ1v) is 12.7. The first kappa shape index (κ1) is 21.3. The minimum atomic E-state index is -3.32. The first-order valence-electron chi connectivity index (χ1n) is 10.8. The van der Waals surface area contributed by atoms with E-state index in [1.54, 1.807) is 24.3 Å². The highest BCUT2D eigenvalue weighted by Crippen LogP contribution is 2.60. The van der Waals surface area contributed by atoms with E-state index in [1.165, 1.54) is 8.61 Å². The summed E-state index contributed by atoms with van der Waals surface area (Å²) in [5.74, 6) is 0.643. The molecule has 1 aromatic carbocycles. The van der Waals surface area contributed by atoms with Crippen LogP contribution in [0.15, 0.2) is 24.3 Å². The topological polar surface area (TPSA) is 119 Å². The van der Waals surface area contributed by atoms with Gasteiger partial charge in [-0.15, -0.1) is 0 Å². The molecule has 5 N–H and O–H groups in total. The summed E-state index contributed by atoms with van der Waals surface area (Å²) in [7, 11) is -3.32. The molecule has 31 heavy (non-hydrogen) atoms. The van der Waals surface area contributed by atoms with Crippen molar-refractivity contribution in [2.45, 2.75) is 38.1 Å². The van der Waals surface area contributed by atoms with Crippen molar-refractivity contribution in [1.82, 2.24) is 9.62 Å². The van der Waals surface area contributed by atoms with Gasteiger partial charge in [0, 0.05) is 18.0 Å². The van der Waals surface area contributed by atoms with Gasteiger partial charge in [0.25, 0.3) is 0 Å². The highest BCUT2D eigenvalue weighted by Gasteiger charge is 2.58. The molecular weight excluding hydrogens is 440 g/mol. The van der Waals surface area contributed by atoms with E-state index in [9.17, 15) is 18.7 Å². The van der Waals surface area contributed by atoms with Crippen LogP contribution in [-0.2, 0) is 9.59 Å². The minimum absolute atomic E-state index is 0.0283. The molecule has 1 heterocycles. The van der Waals surface area contributed by atoms with Crippen molar-refractivity contribution in [2.24, 2.45) is 28.9 Å². The lowest BCUT2D eigenvalue weighted by Gasteiger charge is -2.58. The molecule has 0 radical (unpaired) electrons. The van der Waals surface area contributed by atoms with Crippen LogP contribution in [0.5, 0.6) is 0 Å². The van der Waals surface area contributed by atoms with Crippen molar-refractivity contribution < 1.29 is 18.7 Å². The first-order chi connectivity index (χ1) is 14.7. The number of primary amides is 1. The Kier molecular flexibility index (Phi) is 5.17. The summed E-state index contributed by atoms with van der Waals surface area (Å²) in [5, 5.41) is 3.60. The number of hydrogen-bond donors (Lipinski definition) is 4. The number of para-hydroxylation sites is 1. The normalized spacial score (nSPS) is 37.1. The van der Waals surface area contributed by atoms with E-state index in [2.05, 4.69) is 5.32 Å². The van der Waals surface area contributed by atoms with Crippen LogP contribution in [0.4, 0.5) is 5.69 Å². The Morgan fingerprint density at radius 1 is 1.16 bits per heavy atom. The van der Waals surface area contributed by atoms with E-state index in [0.717, 1.165) is 32.1 Å². The number of hydrogen-bond acceptors (Lipinski definition) is 6. The Bertz CT molecular complexity index is 899. The predicted octanol–water partition coefficient (Wildman–Crippen LogP) is 2.84. The standard InChI is InChI=1S/C21H29ClN4O4S/c22-16-3-1-2-4-17(16)26-6-5-25(31(26,29)30)12-18(27)24-19-14-7-13-8-15(19)11-21(9-13,10-14)20(23)28/h1-4,13-15,19,29-30H,5-12H2,(H2,23,28)(H,24,27). The quantitative estimate of drug-likeness (QED) is 0.527. The molecule has 6 rings (SSSR count). The van der Waals surface area contributed by atoms with Gasteiger partial charge in [0.2, 0.25) is 11.8 Å². The van der Waals surface area contributed by atoms with Crippen molar-refractivity contribution in [1.29, 1.82) is 0 Å². The van der Waals surface area contributed by atoms with Crippen LogP contribution >= 0.6 is 22.6 Å². The summed E-state index contributed by atoms with van der Waals surface area (Å²) < 4.78 is 24.6. The summed E-state index contributed by atoms with van der Waals surface area (Å²) in [6, 6.07) is 7.04. The average Bonchev–Trinajstić information content (AvgIpc) is 2.98. The molecule has 0 aromatic heterocycles. The number of benzene rings is 1. The number of halogens is 1. The number of nitrogens with zero attached hydrogens (tertiary/aromatic N) is 2. The van der Waals surface area contributed by atoms with Gasteiger partial charge in [0.15, 0.2) is 0 Å². The van der Waals surface area contributed by atoms with Crippen LogP contribution in [0, 0.1) is 23.2 Å². The molecule has 170 valence electrons. The Hall–Kier alpha value is -1.52. The van der Waals surface area contributed by atoms with E-state index in [4.69, 9.17) is 17.3 Å². The molecule has 4 bridgehead atoms. The molecule has 10 heteroatoms. The van der Waals surface area contributed by atoms with Gasteiger partial charge in [-0.1, -0.05) is 23.7 Å². The molecule has 1 aromatic rings. The third kappa shape index (κ3) is 3.51. The predicted molar refractivity (Wildman–Crippen MR) is 120 cm³/mol. The van der Waals surface area contributed by atoms with E-state index >= 15 is 0 Å². The fourth-order valence-corrected chi connectivity index (χ4v) is 8.55. The maximum Gasteiger partial charge on any atom is 0.236 e. The smallest absolute Gasteiger partial charge is 0.236 e. The Morgan fingerprint density at radius 3 is 2.48 bits per heavy atom. The Balaban J connectivity index is 1.25. The molecule has 2 atom stereocenters. The maximum absolute atomic E-state index is 12.9. The van der Waals surface area contributed by atoms with Crippen molar-refractivity contribution >= 4 is 40.1 Å². The maximum atomic E-state index is 12.9. The molecule has 5 aliphatic rings. The zero-order chi connectivity index (χ0) is 22.0. The number of amides is 2. The fraction of sp³-hybridized carbons (Fsp3) is 0.619. The van der Waals surface area contributed by atoms with Crippen LogP contribution in [0.25, 0.3) is 0 Å². The zero-order valence-electron chi connectivity index (χ0n) is 17.2. The van der Waals surface area contributed by atoms with Gasteiger partial charge in [-0.25, -0.2) is 0 Å². The number of rotatable bonds is 5. The van der Waals surface area contributed by atoms with Crippen LogP contribution in [0.1, 0.15) is 32.1 Å². The average molecular weight is 469 g/mol. The molecule has 5 fully saturated rings. The number of nitrogens with one attached hydrogen (secondary N) is 1. The number of carbonyl (C=O) groups excluding carboxylic acids is 2. The van der Waals surface area contributed by atoms with Crippen molar-refractivity contribution in [2.75, 3.05) is 23.9 Å². The molecule has 8 nitrogen and oxygen atoms in total. The van der Waals surface area contributed by atoms with E-state index in [0.29, 0.717) is 29.7 Å². The molecule has 2 amide bonds. The lowest BCUT2D eigenvalue weighted by Crippen LogP contribution is -2.62. The molecular formula is C21H29ClN4O4S. The highest BCUT2D eigenvalue weighted by atomic mass is 35.5. The van der Waals surface area contributed by atoms with Gasteiger partial charge in [-0.3, -0.25) is 23.0 Å². The lowest BCUT2D eigenvalue weighted by atomic mass is 9.47. The second kappa shape index (κ2) is 7.52.